The zero-order valence-corrected chi connectivity index (χ0v) is 13.8. The summed E-state index contributed by atoms with van der Waals surface area (Å²) in [4.78, 5) is 12.2. The minimum absolute atomic E-state index is 0.0450. The standard InChI is InChI=1S/C19H23NO3/c1-14(11-15-7-5-4-6-8-15)19(21)20-13-16-9-10-17(22-2)18(12-16)23-3/h4-10,12,14H,11,13H2,1-3H3,(H,20,21). The van der Waals surface area contributed by atoms with Crippen LogP contribution in [0.15, 0.2) is 48.5 Å². The smallest absolute Gasteiger partial charge is 0.223 e. The fourth-order valence-electron chi connectivity index (χ4n) is 2.41. The molecular weight excluding hydrogens is 290 g/mol. The van der Waals surface area contributed by atoms with Gasteiger partial charge in [0.25, 0.3) is 0 Å². The minimum Gasteiger partial charge on any atom is -0.493 e. The van der Waals surface area contributed by atoms with Crippen molar-refractivity contribution in [1.29, 1.82) is 0 Å². The molecule has 2 aromatic carbocycles. The fraction of sp³-hybridized carbons (Fsp3) is 0.316. The second-order valence-corrected chi connectivity index (χ2v) is 5.50. The maximum Gasteiger partial charge on any atom is 0.223 e. The molecule has 0 saturated carbocycles. The molecule has 0 aliphatic rings. The van der Waals surface area contributed by atoms with Gasteiger partial charge in [0.05, 0.1) is 14.2 Å². The molecule has 4 heteroatoms. The van der Waals surface area contributed by atoms with Gasteiger partial charge in [-0.3, -0.25) is 4.79 Å². The summed E-state index contributed by atoms with van der Waals surface area (Å²) in [6.45, 7) is 2.41. The maximum absolute atomic E-state index is 12.2. The Kier molecular flexibility index (Phi) is 6.03. The summed E-state index contributed by atoms with van der Waals surface area (Å²) < 4.78 is 10.5. The van der Waals surface area contributed by atoms with E-state index in [-0.39, 0.29) is 11.8 Å². The first-order valence-electron chi connectivity index (χ1n) is 7.66. The van der Waals surface area contributed by atoms with Crippen LogP contribution >= 0.6 is 0 Å². The van der Waals surface area contributed by atoms with Crippen LogP contribution in [0.25, 0.3) is 0 Å². The number of benzene rings is 2. The van der Waals surface area contributed by atoms with Gasteiger partial charge in [-0.1, -0.05) is 43.3 Å². The zero-order valence-electron chi connectivity index (χ0n) is 13.8. The highest BCUT2D eigenvalue weighted by atomic mass is 16.5. The van der Waals surface area contributed by atoms with Crippen LogP contribution in [0.2, 0.25) is 0 Å². The lowest BCUT2D eigenvalue weighted by Crippen LogP contribution is -2.29. The summed E-state index contributed by atoms with van der Waals surface area (Å²) in [6.07, 6.45) is 0.735. The first-order valence-corrected chi connectivity index (χ1v) is 7.66. The van der Waals surface area contributed by atoms with Crippen LogP contribution in [0.5, 0.6) is 11.5 Å². The Morgan fingerprint density at radius 2 is 1.70 bits per heavy atom. The van der Waals surface area contributed by atoms with Gasteiger partial charge in [0, 0.05) is 12.5 Å². The van der Waals surface area contributed by atoms with Crippen molar-refractivity contribution in [3.05, 3.63) is 59.7 Å². The molecule has 2 aromatic rings. The molecule has 0 heterocycles. The summed E-state index contributed by atoms with van der Waals surface area (Å²) in [5.74, 6) is 1.32. The van der Waals surface area contributed by atoms with E-state index in [0.29, 0.717) is 18.0 Å². The highest BCUT2D eigenvalue weighted by Crippen LogP contribution is 2.27. The molecule has 0 spiro atoms. The first-order chi connectivity index (χ1) is 11.1. The number of carbonyl (C=O) groups excluding carboxylic acids is 1. The van der Waals surface area contributed by atoms with E-state index in [1.54, 1.807) is 14.2 Å². The molecule has 0 aliphatic heterocycles. The number of ether oxygens (including phenoxy) is 2. The van der Waals surface area contributed by atoms with Crippen molar-refractivity contribution in [2.45, 2.75) is 19.9 Å². The molecule has 0 saturated heterocycles. The van der Waals surface area contributed by atoms with Crippen molar-refractivity contribution < 1.29 is 14.3 Å². The Bertz CT molecular complexity index is 640. The third kappa shape index (κ3) is 4.74. The molecule has 0 radical (unpaired) electrons. The van der Waals surface area contributed by atoms with Gasteiger partial charge in [-0.25, -0.2) is 0 Å². The summed E-state index contributed by atoms with van der Waals surface area (Å²) >= 11 is 0. The van der Waals surface area contributed by atoms with E-state index in [4.69, 9.17) is 9.47 Å². The number of nitrogens with one attached hydrogen (secondary N) is 1. The van der Waals surface area contributed by atoms with Crippen LogP contribution in [0.3, 0.4) is 0 Å². The fourth-order valence-corrected chi connectivity index (χ4v) is 2.41. The number of amides is 1. The second kappa shape index (κ2) is 8.22. The van der Waals surface area contributed by atoms with Crippen LogP contribution in [0.1, 0.15) is 18.1 Å². The van der Waals surface area contributed by atoms with Gasteiger partial charge in [-0.15, -0.1) is 0 Å². The van der Waals surface area contributed by atoms with Crippen LogP contribution in [-0.4, -0.2) is 20.1 Å². The molecule has 0 bridgehead atoms. The number of hydrogen-bond donors (Lipinski definition) is 1. The SMILES string of the molecule is COc1ccc(CNC(=O)C(C)Cc2ccccc2)cc1OC. The summed E-state index contributed by atoms with van der Waals surface area (Å²) in [6, 6.07) is 15.7. The average Bonchev–Trinajstić information content (AvgIpc) is 2.60. The van der Waals surface area contributed by atoms with Crippen molar-refractivity contribution in [3.63, 3.8) is 0 Å². The lowest BCUT2D eigenvalue weighted by Gasteiger charge is -2.13. The Balaban J connectivity index is 1.91. The topological polar surface area (TPSA) is 47.6 Å². The van der Waals surface area contributed by atoms with Crippen molar-refractivity contribution in [2.75, 3.05) is 14.2 Å². The predicted molar refractivity (Wildman–Crippen MR) is 90.7 cm³/mol. The molecule has 1 amide bonds. The van der Waals surface area contributed by atoms with Gasteiger partial charge in [0.2, 0.25) is 5.91 Å². The Morgan fingerprint density at radius 1 is 1.00 bits per heavy atom. The van der Waals surface area contributed by atoms with Gasteiger partial charge in [-0.05, 0) is 29.7 Å². The van der Waals surface area contributed by atoms with Crippen LogP contribution < -0.4 is 14.8 Å². The van der Waals surface area contributed by atoms with E-state index in [1.807, 2.05) is 55.5 Å². The molecule has 122 valence electrons. The van der Waals surface area contributed by atoms with Gasteiger partial charge >= 0.3 is 0 Å². The van der Waals surface area contributed by atoms with Crippen LogP contribution in [-0.2, 0) is 17.8 Å². The van der Waals surface area contributed by atoms with Gasteiger partial charge in [-0.2, -0.15) is 0 Å². The second-order valence-electron chi connectivity index (χ2n) is 5.50. The molecule has 0 aromatic heterocycles. The van der Waals surface area contributed by atoms with E-state index >= 15 is 0 Å². The Morgan fingerprint density at radius 3 is 2.35 bits per heavy atom. The number of rotatable bonds is 7. The number of carbonyl (C=O) groups is 1. The summed E-state index contributed by atoms with van der Waals surface area (Å²) in [5, 5.41) is 2.97. The molecule has 0 aliphatic carbocycles. The molecule has 4 nitrogen and oxygen atoms in total. The van der Waals surface area contributed by atoms with E-state index < -0.39 is 0 Å². The summed E-state index contributed by atoms with van der Waals surface area (Å²) in [5.41, 5.74) is 2.14. The minimum atomic E-state index is -0.0717. The first kappa shape index (κ1) is 16.9. The quantitative estimate of drug-likeness (QED) is 0.854. The number of methoxy groups -OCH3 is 2. The van der Waals surface area contributed by atoms with Gasteiger partial charge in [0.15, 0.2) is 11.5 Å². The molecule has 23 heavy (non-hydrogen) atoms. The largest absolute Gasteiger partial charge is 0.493 e. The third-order valence-corrected chi connectivity index (χ3v) is 3.75. The van der Waals surface area contributed by atoms with E-state index in [9.17, 15) is 4.79 Å². The van der Waals surface area contributed by atoms with E-state index in [2.05, 4.69) is 5.32 Å². The van der Waals surface area contributed by atoms with E-state index in [0.717, 1.165) is 12.0 Å². The van der Waals surface area contributed by atoms with Gasteiger partial charge < -0.3 is 14.8 Å². The van der Waals surface area contributed by atoms with Crippen molar-refractivity contribution in [1.82, 2.24) is 5.32 Å². The van der Waals surface area contributed by atoms with Crippen molar-refractivity contribution in [3.8, 4) is 11.5 Å². The molecule has 1 atom stereocenters. The van der Waals surface area contributed by atoms with Crippen molar-refractivity contribution in [2.24, 2.45) is 5.92 Å². The van der Waals surface area contributed by atoms with Gasteiger partial charge in [0.1, 0.15) is 0 Å². The molecule has 1 unspecified atom stereocenters. The van der Waals surface area contributed by atoms with Crippen molar-refractivity contribution >= 4 is 5.91 Å². The monoisotopic (exact) mass is 313 g/mol. The van der Waals surface area contributed by atoms with E-state index in [1.165, 1.54) is 5.56 Å². The summed E-state index contributed by atoms with van der Waals surface area (Å²) in [7, 11) is 3.20. The molecule has 2 rings (SSSR count). The molecule has 0 fully saturated rings. The molecule has 1 N–H and O–H groups in total. The Labute approximate surface area is 137 Å². The van der Waals surface area contributed by atoms with Crippen LogP contribution in [0.4, 0.5) is 0 Å². The normalized spacial score (nSPS) is 11.6. The van der Waals surface area contributed by atoms with Crippen LogP contribution in [0, 0.1) is 5.92 Å². The zero-order chi connectivity index (χ0) is 16.7. The lowest BCUT2D eigenvalue weighted by atomic mass is 10.0. The highest BCUT2D eigenvalue weighted by molar-refractivity contribution is 5.78. The lowest BCUT2D eigenvalue weighted by molar-refractivity contribution is -0.124. The predicted octanol–water partition coefficient (Wildman–Crippen LogP) is 3.20. The average molecular weight is 313 g/mol. The highest BCUT2D eigenvalue weighted by Gasteiger charge is 2.13. The number of hydrogen-bond acceptors (Lipinski definition) is 3. The molecular formula is C19H23NO3. The Hall–Kier alpha value is -2.49. The maximum atomic E-state index is 12.2. The third-order valence-electron chi connectivity index (χ3n) is 3.75.